The van der Waals surface area contributed by atoms with Crippen LogP contribution in [0.5, 0.6) is 0 Å². The van der Waals surface area contributed by atoms with Crippen LogP contribution in [0.15, 0.2) is 24.3 Å². The monoisotopic (exact) mass is 251 g/mol. The van der Waals surface area contributed by atoms with Gasteiger partial charge in [0.05, 0.1) is 15.2 Å². The minimum Gasteiger partial charge on any atom is -0.274 e. The summed E-state index contributed by atoms with van der Waals surface area (Å²) in [6, 6.07) is 7.84. The predicted octanol–water partition coefficient (Wildman–Crippen LogP) is 2.26. The number of benzene rings is 1. The summed E-state index contributed by atoms with van der Waals surface area (Å²) >= 11 is 0. The maximum atomic E-state index is 12.3. The van der Waals surface area contributed by atoms with E-state index < -0.39 is 8.07 Å². The Morgan fingerprint density at radius 1 is 1.29 bits per heavy atom. The number of hydrogen-bond donors (Lipinski definition) is 0. The molecule has 94 valence electrons. The van der Waals surface area contributed by atoms with Crippen molar-refractivity contribution < 1.29 is 9.63 Å². The predicted molar refractivity (Wildman–Crippen MR) is 73.1 cm³/mol. The molecule has 0 fully saturated rings. The van der Waals surface area contributed by atoms with Crippen molar-refractivity contribution in [2.75, 3.05) is 13.7 Å². The van der Waals surface area contributed by atoms with Gasteiger partial charge in [-0.25, -0.2) is 5.06 Å². The van der Waals surface area contributed by atoms with Crippen molar-refractivity contribution in [2.45, 2.75) is 26.6 Å². The van der Waals surface area contributed by atoms with Crippen molar-refractivity contribution in [2.24, 2.45) is 0 Å². The van der Waals surface area contributed by atoms with Crippen LogP contribution in [0.3, 0.4) is 0 Å². The number of nitrogens with zero attached hydrogens (tertiary/aromatic N) is 1. The highest BCUT2D eigenvalue weighted by Crippen LogP contribution is 2.10. The summed E-state index contributed by atoms with van der Waals surface area (Å²) in [5.41, 5.74) is 0.773. The molecule has 0 heterocycles. The fourth-order valence-corrected chi connectivity index (χ4v) is 3.41. The minimum atomic E-state index is -1.52. The van der Waals surface area contributed by atoms with Gasteiger partial charge in [0.15, 0.2) is 0 Å². The van der Waals surface area contributed by atoms with Crippen LogP contribution in [0.2, 0.25) is 19.6 Å². The number of amides is 1. The highest BCUT2D eigenvalue weighted by atomic mass is 28.3. The topological polar surface area (TPSA) is 29.5 Å². The molecule has 1 aromatic carbocycles. The molecule has 17 heavy (non-hydrogen) atoms. The van der Waals surface area contributed by atoms with Crippen LogP contribution in [0.1, 0.15) is 17.3 Å². The number of hydroxylamine groups is 2. The maximum Gasteiger partial charge on any atom is 0.277 e. The molecule has 0 atom stereocenters. The van der Waals surface area contributed by atoms with E-state index in [4.69, 9.17) is 4.84 Å². The fraction of sp³-hybridized carbons (Fsp3) is 0.462. The smallest absolute Gasteiger partial charge is 0.274 e. The minimum absolute atomic E-state index is 0.0481. The van der Waals surface area contributed by atoms with Crippen molar-refractivity contribution in [3.05, 3.63) is 29.8 Å². The van der Waals surface area contributed by atoms with E-state index in [9.17, 15) is 4.79 Å². The lowest BCUT2D eigenvalue weighted by molar-refractivity contribution is -0.0914. The van der Waals surface area contributed by atoms with Crippen molar-refractivity contribution in [3.63, 3.8) is 0 Å². The van der Waals surface area contributed by atoms with E-state index in [1.54, 1.807) is 0 Å². The molecule has 0 aromatic heterocycles. The van der Waals surface area contributed by atoms with Crippen molar-refractivity contribution in [1.82, 2.24) is 5.06 Å². The number of carbonyl (C=O) groups is 1. The molecular formula is C13H21NO2Si. The molecule has 0 saturated heterocycles. The van der Waals surface area contributed by atoms with E-state index in [0.717, 1.165) is 5.56 Å². The fourth-order valence-electron chi connectivity index (χ4n) is 1.81. The van der Waals surface area contributed by atoms with Gasteiger partial charge in [-0.1, -0.05) is 37.8 Å². The van der Waals surface area contributed by atoms with Gasteiger partial charge in [0.2, 0.25) is 0 Å². The zero-order valence-electron chi connectivity index (χ0n) is 11.3. The van der Waals surface area contributed by atoms with E-state index in [1.807, 2.05) is 25.1 Å². The Morgan fingerprint density at radius 2 is 1.88 bits per heavy atom. The first-order valence-electron chi connectivity index (χ1n) is 5.87. The Labute approximate surface area is 104 Å². The van der Waals surface area contributed by atoms with Gasteiger partial charge in [0, 0.05) is 12.1 Å². The zero-order valence-corrected chi connectivity index (χ0v) is 12.3. The van der Waals surface area contributed by atoms with Gasteiger partial charge in [0.1, 0.15) is 0 Å². The molecule has 1 aromatic rings. The molecule has 0 aliphatic heterocycles. The standard InChI is InChI=1S/C13H21NO2Si/c1-6-14(16-2)13(15)11-9-7-8-10-12(11)17(3,4)5/h7-10H,6H2,1-5H3. The highest BCUT2D eigenvalue weighted by molar-refractivity contribution is 6.89. The molecule has 3 nitrogen and oxygen atoms in total. The van der Waals surface area contributed by atoms with E-state index in [1.165, 1.54) is 17.4 Å². The summed E-state index contributed by atoms with van der Waals surface area (Å²) in [4.78, 5) is 17.4. The van der Waals surface area contributed by atoms with Crippen molar-refractivity contribution in [3.8, 4) is 0 Å². The van der Waals surface area contributed by atoms with Gasteiger partial charge in [-0.05, 0) is 18.2 Å². The molecule has 0 radical (unpaired) electrons. The highest BCUT2D eigenvalue weighted by Gasteiger charge is 2.25. The third kappa shape index (κ3) is 3.17. The second-order valence-corrected chi connectivity index (χ2v) is 10.0. The Bertz CT molecular complexity index is 395. The lowest BCUT2D eigenvalue weighted by atomic mass is 10.2. The Kier molecular flexibility index (Phi) is 4.48. The molecule has 0 bridgehead atoms. The molecule has 1 rings (SSSR count). The van der Waals surface area contributed by atoms with Gasteiger partial charge in [-0.3, -0.25) is 9.63 Å². The van der Waals surface area contributed by atoms with E-state index in [2.05, 4.69) is 25.7 Å². The number of hydrogen-bond acceptors (Lipinski definition) is 2. The Morgan fingerprint density at radius 3 is 2.35 bits per heavy atom. The van der Waals surface area contributed by atoms with Gasteiger partial charge in [0.25, 0.3) is 5.91 Å². The summed E-state index contributed by atoms with van der Waals surface area (Å²) in [5.74, 6) is -0.0481. The van der Waals surface area contributed by atoms with Crippen LogP contribution in [-0.2, 0) is 4.84 Å². The first-order valence-corrected chi connectivity index (χ1v) is 9.37. The van der Waals surface area contributed by atoms with Gasteiger partial charge in [-0.15, -0.1) is 0 Å². The summed E-state index contributed by atoms with van der Waals surface area (Å²) in [5, 5.41) is 2.57. The molecule has 0 aliphatic carbocycles. The maximum absolute atomic E-state index is 12.3. The average molecular weight is 251 g/mol. The molecule has 0 N–H and O–H groups in total. The Balaban J connectivity index is 3.18. The quantitative estimate of drug-likeness (QED) is 0.607. The average Bonchev–Trinajstić information content (AvgIpc) is 2.29. The van der Waals surface area contributed by atoms with Crippen LogP contribution in [0.25, 0.3) is 0 Å². The normalized spacial score (nSPS) is 11.4. The third-order valence-electron chi connectivity index (χ3n) is 2.70. The van der Waals surface area contributed by atoms with Crippen LogP contribution in [0, 0.1) is 0 Å². The summed E-state index contributed by atoms with van der Waals surface area (Å²) in [7, 11) is 0.0112. The lowest BCUT2D eigenvalue weighted by Gasteiger charge is -2.24. The second kappa shape index (κ2) is 5.47. The molecule has 1 amide bonds. The molecule has 4 heteroatoms. The Hall–Kier alpha value is -1.13. The largest absolute Gasteiger partial charge is 0.277 e. The first-order chi connectivity index (χ1) is 7.91. The van der Waals surface area contributed by atoms with Gasteiger partial charge < -0.3 is 0 Å². The van der Waals surface area contributed by atoms with E-state index in [-0.39, 0.29) is 5.91 Å². The summed E-state index contributed by atoms with van der Waals surface area (Å²) in [6.07, 6.45) is 0. The van der Waals surface area contributed by atoms with Crippen LogP contribution in [-0.4, -0.2) is 32.7 Å². The number of carbonyl (C=O) groups excluding carboxylic acids is 1. The first kappa shape index (κ1) is 13.9. The summed E-state index contributed by atoms with van der Waals surface area (Å²) in [6.45, 7) is 9.17. The van der Waals surface area contributed by atoms with Crippen molar-refractivity contribution in [1.29, 1.82) is 0 Å². The van der Waals surface area contributed by atoms with Crippen LogP contribution < -0.4 is 5.19 Å². The second-order valence-electron chi connectivity index (χ2n) is 4.98. The molecular weight excluding hydrogens is 230 g/mol. The van der Waals surface area contributed by atoms with Crippen molar-refractivity contribution >= 4 is 19.2 Å². The van der Waals surface area contributed by atoms with Gasteiger partial charge in [-0.2, -0.15) is 0 Å². The van der Waals surface area contributed by atoms with Crippen LogP contribution >= 0.6 is 0 Å². The summed E-state index contributed by atoms with van der Waals surface area (Å²) < 4.78 is 0. The van der Waals surface area contributed by atoms with E-state index >= 15 is 0 Å². The van der Waals surface area contributed by atoms with Gasteiger partial charge >= 0.3 is 0 Å². The third-order valence-corrected chi connectivity index (χ3v) is 4.75. The molecule has 0 aliphatic rings. The van der Waals surface area contributed by atoms with Crippen LogP contribution in [0.4, 0.5) is 0 Å². The zero-order chi connectivity index (χ0) is 13.1. The molecule has 0 unspecified atom stereocenters. The SMILES string of the molecule is CCN(OC)C(=O)c1ccccc1[Si](C)(C)C. The lowest BCUT2D eigenvalue weighted by Crippen LogP contribution is -2.44. The van der Waals surface area contributed by atoms with E-state index in [0.29, 0.717) is 6.54 Å². The molecule has 0 saturated carbocycles. The number of rotatable bonds is 4. The molecule has 0 spiro atoms.